The zero-order chi connectivity index (χ0) is 29.4. The number of amides is 2. The van der Waals surface area contributed by atoms with Gasteiger partial charge < -0.3 is 35.0 Å². The van der Waals surface area contributed by atoms with Crippen LogP contribution in [0.25, 0.3) is 0 Å². The number of hydrogen-bond donors (Lipinski definition) is 4. The minimum absolute atomic E-state index is 0.0720. The SMILES string of the molecule is COc1cc(CO)cc(I)c1OC1C=C(C(=O)NCCO)CC(N(Cc2ccc(C)cc2)C(=O)CC(C)C)C1O. The fraction of sp³-hybridized carbons (Fsp3) is 0.467. The van der Waals surface area contributed by atoms with Crippen LogP contribution in [0.5, 0.6) is 11.5 Å². The van der Waals surface area contributed by atoms with Crippen LogP contribution in [0.4, 0.5) is 0 Å². The molecule has 1 aliphatic carbocycles. The van der Waals surface area contributed by atoms with Gasteiger partial charge in [-0.15, -0.1) is 0 Å². The first-order chi connectivity index (χ1) is 19.1. The number of aliphatic hydroxyl groups is 3. The van der Waals surface area contributed by atoms with Crippen molar-refractivity contribution in [1.29, 1.82) is 0 Å². The van der Waals surface area contributed by atoms with E-state index in [1.54, 1.807) is 23.1 Å². The minimum atomic E-state index is -1.16. The Morgan fingerprint density at radius 1 is 1.15 bits per heavy atom. The van der Waals surface area contributed by atoms with Gasteiger partial charge in [0.1, 0.15) is 12.2 Å². The highest BCUT2D eigenvalue weighted by molar-refractivity contribution is 14.1. The number of hydrogen-bond acceptors (Lipinski definition) is 7. The highest BCUT2D eigenvalue weighted by Gasteiger charge is 2.41. The summed E-state index contributed by atoms with van der Waals surface area (Å²) in [6, 6.07) is 10.5. The van der Waals surface area contributed by atoms with Crippen LogP contribution < -0.4 is 14.8 Å². The molecule has 0 radical (unpaired) electrons. The number of nitrogens with one attached hydrogen (secondary N) is 1. The molecule has 0 bridgehead atoms. The lowest BCUT2D eigenvalue weighted by Crippen LogP contribution is -2.55. The monoisotopic (exact) mass is 666 g/mol. The van der Waals surface area contributed by atoms with E-state index < -0.39 is 24.2 Å². The number of benzene rings is 2. The quantitative estimate of drug-likeness (QED) is 0.257. The Morgan fingerprint density at radius 3 is 2.45 bits per heavy atom. The van der Waals surface area contributed by atoms with E-state index in [-0.39, 0.29) is 51.0 Å². The largest absolute Gasteiger partial charge is 0.493 e. The molecule has 0 aliphatic heterocycles. The lowest BCUT2D eigenvalue weighted by atomic mass is 9.87. The van der Waals surface area contributed by atoms with Crippen LogP contribution >= 0.6 is 22.6 Å². The predicted molar refractivity (Wildman–Crippen MR) is 160 cm³/mol. The third kappa shape index (κ3) is 8.18. The summed E-state index contributed by atoms with van der Waals surface area (Å²) in [7, 11) is 1.48. The molecular formula is C30H39IN2O7. The molecule has 0 heterocycles. The van der Waals surface area contributed by atoms with Crippen molar-refractivity contribution in [3.63, 3.8) is 0 Å². The molecule has 9 nitrogen and oxygen atoms in total. The number of rotatable bonds is 12. The lowest BCUT2D eigenvalue weighted by Gasteiger charge is -2.41. The van der Waals surface area contributed by atoms with Crippen LogP contribution in [-0.4, -0.2) is 70.5 Å². The van der Waals surface area contributed by atoms with Gasteiger partial charge in [-0.25, -0.2) is 0 Å². The minimum Gasteiger partial charge on any atom is -0.493 e. The highest BCUT2D eigenvalue weighted by atomic mass is 127. The molecule has 4 N–H and O–H groups in total. The second kappa shape index (κ2) is 14.8. The molecule has 0 fully saturated rings. The predicted octanol–water partition coefficient (Wildman–Crippen LogP) is 3.09. The number of carbonyl (C=O) groups excluding carboxylic acids is 2. The molecule has 2 aromatic rings. The highest BCUT2D eigenvalue weighted by Crippen LogP contribution is 2.37. The molecule has 40 heavy (non-hydrogen) atoms. The Balaban J connectivity index is 2.04. The Bertz CT molecular complexity index is 1200. The summed E-state index contributed by atoms with van der Waals surface area (Å²) in [6.45, 7) is 5.85. The van der Waals surface area contributed by atoms with Crippen LogP contribution in [0.3, 0.4) is 0 Å². The number of aryl methyl sites for hydroxylation is 1. The normalized spacial score (nSPS) is 18.7. The van der Waals surface area contributed by atoms with Gasteiger partial charge in [0.25, 0.3) is 0 Å². The van der Waals surface area contributed by atoms with Crippen LogP contribution in [0.15, 0.2) is 48.0 Å². The Labute approximate surface area is 249 Å². The lowest BCUT2D eigenvalue weighted by molar-refractivity contribution is -0.140. The maximum Gasteiger partial charge on any atom is 0.247 e. The van der Waals surface area contributed by atoms with Crippen LogP contribution in [0.2, 0.25) is 0 Å². The second-order valence-corrected chi connectivity index (χ2v) is 11.6. The molecule has 3 atom stereocenters. The maximum absolute atomic E-state index is 13.6. The number of aliphatic hydroxyl groups excluding tert-OH is 3. The zero-order valence-corrected chi connectivity index (χ0v) is 25.6. The topological polar surface area (TPSA) is 129 Å². The molecule has 1 aliphatic rings. The molecule has 0 aromatic heterocycles. The zero-order valence-electron chi connectivity index (χ0n) is 23.4. The Kier molecular flexibility index (Phi) is 11.8. The van der Waals surface area contributed by atoms with E-state index in [4.69, 9.17) is 9.47 Å². The van der Waals surface area contributed by atoms with Crippen molar-refractivity contribution in [1.82, 2.24) is 10.2 Å². The van der Waals surface area contributed by atoms with Gasteiger partial charge in [0, 0.05) is 31.5 Å². The van der Waals surface area contributed by atoms with Gasteiger partial charge in [-0.3, -0.25) is 9.59 Å². The van der Waals surface area contributed by atoms with Gasteiger partial charge in [0.05, 0.1) is 29.9 Å². The molecule has 3 unspecified atom stereocenters. The molecular weight excluding hydrogens is 627 g/mol. The first-order valence-electron chi connectivity index (χ1n) is 13.3. The number of nitrogens with zero attached hydrogens (tertiary/aromatic N) is 1. The molecule has 0 saturated carbocycles. The fourth-order valence-corrected chi connectivity index (χ4v) is 5.43. The van der Waals surface area contributed by atoms with E-state index in [9.17, 15) is 24.9 Å². The first-order valence-corrected chi connectivity index (χ1v) is 14.4. The van der Waals surface area contributed by atoms with Crippen molar-refractivity contribution >= 4 is 34.4 Å². The number of methoxy groups -OCH3 is 1. The average Bonchev–Trinajstić information content (AvgIpc) is 2.92. The molecule has 0 saturated heterocycles. The fourth-order valence-electron chi connectivity index (χ4n) is 4.64. The molecule has 2 aromatic carbocycles. The molecule has 10 heteroatoms. The van der Waals surface area contributed by atoms with E-state index in [2.05, 4.69) is 27.9 Å². The second-order valence-electron chi connectivity index (χ2n) is 10.4. The third-order valence-electron chi connectivity index (χ3n) is 6.72. The summed E-state index contributed by atoms with van der Waals surface area (Å²) in [5.41, 5.74) is 2.99. The van der Waals surface area contributed by atoms with Gasteiger partial charge in [0.15, 0.2) is 11.5 Å². The number of halogens is 1. The van der Waals surface area contributed by atoms with Crippen LogP contribution in [0, 0.1) is 16.4 Å². The number of ether oxygens (including phenoxy) is 2. The average molecular weight is 667 g/mol. The smallest absolute Gasteiger partial charge is 0.247 e. The van der Waals surface area contributed by atoms with Gasteiger partial charge in [-0.2, -0.15) is 0 Å². The van der Waals surface area contributed by atoms with Crippen molar-refractivity contribution in [3.05, 3.63) is 68.3 Å². The van der Waals surface area contributed by atoms with Crippen LogP contribution in [0.1, 0.15) is 43.4 Å². The summed E-state index contributed by atoms with van der Waals surface area (Å²) in [6.07, 6.45) is -0.172. The molecule has 2 amide bonds. The maximum atomic E-state index is 13.6. The Morgan fingerprint density at radius 2 is 1.85 bits per heavy atom. The van der Waals surface area contributed by atoms with Gasteiger partial charge >= 0.3 is 0 Å². The van der Waals surface area contributed by atoms with Gasteiger partial charge in [-0.1, -0.05) is 43.7 Å². The molecule has 218 valence electrons. The summed E-state index contributed by atoms with van der Waals surface area (Å²) < 4.78 is 12.5. The first kappa shape index (κ1) is 31.9. The standard InChI is InChI=1S/C30H39IN2O7/c1-18(2)11-27(36)33(16-20-7-5-19(3)6-8-20)24-14-22(30(38)32-9-10-34)15-25(28(24)37)40-29-23(31)12-21(17-35)13-26(29)39-4/h5-8,12-13,15,18,24-25,28,34-35,37H,9-11,14,16-17H2,1-4H3,(H,32,38). The summed E-state index contributed by atoms with van der Waals surface area (Å²) in [5.74, 6) is 0.296. The van der Waals surface area contributed by atoms with Crippen molar-refractivity contribution in [2.45, 2.75) is 65.0 Å². The van der Waals surface area contributed by atoms with E-state index >= 15 is 0 Å². The van der Waals surface area contributed by atoms with Crippen molar-refractivity contribution in [3.8, 4) is 11.5 Å². The summed E-state index contributed by atoms with van der Waals surface area (Å²) in [4.78, 5) is 28.3. The summed E-state index contributed by atoms with van der Waals surface area (Å²) >= 11 is 2.07. The van der Waals surface area contributed by atoms with Crippen LogP contribution in [-0.2, 0) is 22.7 Å². The van der Waals surface area contributed by atoms with E-state index in [1.165, 1.54) is 7.11 Å². The van der Waals surface area contributed by atoms with Crippen molar-refractivity contribution < 1.29 is 34.4 Å². The molecule has 3 rings (SSSR count). The third-order valence-corrected chi connectivity index (χ3v) is 7.52. The van der Waals surface area contributed by atoms with Crippen molar-refractivity contribution in [2.75, 3.05) is 20.3 Å². The number of carbonyl (C=O) groups is 2. The van der Waals surface area contributed by atoms with Gasteiger partial charge in [-0.05, 0) is 64.8 Å². The Hall–Kier alpha value is -2.67. The molecule has 0 spiro atoms. The van der Waals surface area contributed by atoms with E-state index in [0.29, 0.717) is 26.2 Å². The van der Waals surface area contributed by atoms with Gasteiger partial charge in [0.2, 0.25) is 11.8 Å². The van der Waals surface area contributed by atoms with Crippen molar-refractivity contribution in [2.24, 2.45) is 5.92 Å². The van der Waals surface area contributed by atoms with E-state index in [1.807, 2.05) is 45.0 Å². The van der Waals surface area contributed by atoms with E-state index in [0.717, 1.165) is 11.1 Å². The summed E-state index contributed by atoms with van der Waals surface area (Å²) in [5, 5.41) is 33.2.